The first kappa shape index (κ1) is 15.5. The summed E-state index contributed by atoms with van der Waals surface area (Å²) in [5, 5.41) is 12.3. The third kappa shape index (κ3) is 5.87. The first-order valence-electron chi connectivity index (χ1n) is 7.65. The second kappa shape index (κ2) is 7.79. The van der Waals surface area contributed by atoms with E-state index in [4.69, 9.17) is 5.26 Å². The minimum Gasteiger partial charge on any atom is -0.316 e. The molecule has 0 unspecified atom stereocenters. The zero-order chi connectivity index (χ0) is 13.4. The van der Waals surface area contributed by atoms with Crippen molar-refractivity contribution in [3.63, 3.8) is 0 Å². The number of nitrogens with one attached hydrogen (secondary N) is 1. The highest BCUT2D eigenvalue weighted by Gasteiger charge is 2.21. The summed E-state index contributed by atoms with van der Waals surface area (Å²) in [6.45, 7) is 9.05. The van der Waals surface area contributed by atoms with Gasteiger partial charge in [-0.2, -0.15) is 5.26 Å². The number of nitriles is 1. The van der Waals surface area contributed by atoms with Crippen LogP contribution in [-0.4, -0.2) is 13.1 Å². The lowest BCUT2D eigenvalue weighted by Gasteiger charge is -2.30. The third-order valence-electron chi connectivity index (χ3n) is 4.49. The smallest absolute Gasteiger partial charge is 0.0621 e. The Bertz CT molecular complexity index is 257. The van der Waals surface area contributed by atoms with Crippen LogP contribution in [0.1, 0.15) is 65.7 Å². The molecular weight excluding hydrogens is 220 g/mol. The van der Waals surface area contributed by atoms with Gasteiger partial charge in [0.2, 0.25) is 0 Å². The van der Waals surface area contributed by atoms with E-state index in [0.717, 1.165) is 24.8 Å². The number of hydrogen-bond donors (Lipinski definition) is 1. The van der Waals surface area contributed by atoms with Gasteiger partial charge in [0, 0.05) is 13.0 Å². The maximum Gasteiger partial charge on any atom is 0.0621 e. The molecule has 1 aliphatic carbocycles. The van der Waals surface area contributed by atoms with Crippen molar-refractivity contribution in [2.45, 2.75) is 65.7 Å². The SMILES string of the molecule is CCC1CCC(CNCC(C)(C)CCC#N)CC1. The fraction of sp³-hybridized carbons (Fsp3) is 0.938. The first-order chi connectivity index (χ1) is 8.57. The molecule has 0 spiro atoms. The largest absolute Gasteiger partial charge is 0.316 e. The summed E-state index contributed by atoms with van der Waals surface area (Å²) in [5.74, 6) is 1.88. The lowest BCUT2D eigenvalue weighted by atomic mass is 9.80. The van der Waals surface area contributed by atoms with Crippen LogP contribution < -0.4 is 5.32 Å². The molecular formula is C16H30N2. The van der Waals surface area contributed by atoms with Gasteiger partial charge in [-0.3, -0.25) is 0 Å². The Kier molecular flexibility index (Phi) is 6.71. The summed E-state index contributed by atoms with van der Waals surface area (Å²) in [6, 6.07) is 2.25. The lowest BCUT2D eigenvalue weighted by molar-refractivity contribution is 0.246. The molecule has 1 rings (SSSR count). The van der Waals surface area contributed by atoms with E-state index < -0.39 is 0 Å². The van der Waals surface area contributed by atoms with Crippen molar-refractivity contribution in [1.29, 1.82) is 5.26 Å². The third-order valence-corrected chi connectivity index (χ3v) is 4.49. The van der Waals surface area contributed by atoms with Crippen molar-refractivity contribution in [2.75, 3.05) is 13.1 Å². The summed E-state index contributed by atoms with van der Waals surface area (Å²) >= 11 is 0. The van der Waals surface area contributed by atoms with Crippen molar-refractivity contribution in [3.8, 4) is 6.07 Å². The van der Waals surface area contributed by atoms with E-state index in [9.17, 15) is 0 Å². The summed E-state index contributed by atoms with van der Waals surface area (Å²) in [4.78, 5) is 0. The van der Waals surface area contributed by atoms with Gasteiger partial charge in [0.15, 0.2) is 0 Å². The molecule has 0 aromatic rings. The summed E-state index contributed by atoms with van der Waals surface area (Å²) < 4.78 is 0. The Morgan fingerprint density at radius 1 is 1.17 bits per heavy atom. The van der Waals surface area contributed by atoms with E-state index in [1.807, 2.05) is 0 Å². The molecule has 0 amide bonds. The van der Waals surface area contributed by atoms with Gasteiger partial charge in [-0.05, 0) is 43.1 Å². The molecule has 18 heavy (non-hydrogen) atoms. The maximum absolute atomic E-state index is 8.64. The highest BCUT2D eigenvalue weighted by Crippen LogP contribution is 2.30. The summed E-state index contributed by atoms with van der Waals surface area (Å²) in [5.41, 5.74) is 0.260. The van der Waals surface area contributed by atoms with Crippen molar-refractivity contribution >= 4 is 0 Å². The van der Waals surface area contributed by atoms with Crippen molar-refractivity contribution in [1.82, 2.24) is 5.32 Å². The van der Waals surface area contributed by atoms with Crippen LogP contribution >= 0.6 is 0 Å². The van der Waals surface area contributed by atoms with E-state index in [0.29, 0.717) is 6.42 Å². The minimum absolute atomic E-state index is 0.260. The summed E-state index contributed by atoms with van der Waals surface area (Å²) in [7, 11) is 0. The van der Waals surface area contributed by atoms with Crippen LogP contribution in [0.3, 0.4) is 0 Å². The van der Waals surface area contributed by atoms with E-state index in [1.165, 1.54) is 38.6 Å². The Morgan fingerprint density at radius 3 is 2.33 bits per heavy atom. The molecule has 2 heteroatoms. The van der Waals surface area contributed by atoms with Crippen molar-refractivity contribution in [3.05, 3.63) is 0 Å². The molecule has 104 valence electrons. The fourth-order valence-electron chi connectivity index (χ4n) is 2.94. The summed E-state index contributed by atoms with van der Waals surface area (Å²) in [6.07, 6.45) is 8.71. The first-order valence-corrected chi connectivity index (χ1v) is 7.65. The zero-order valence-electron chi connectivity index (χ0n) is 12.5. The zero-order valence-corrected chi connectivity index (χ0v) is 12.5. The molecule has 0 aromatic carbocycles. The second-order valence-electron chi connectivity index (χ2n) is 6.75. The van der Waals surface area contributed by atoms with Gasteiger partial charge in [-0.1, -0.05) is 40.0 Å². The predicted octanol–water partition coefficient (Wildman–Crippen LogP) is 4.12. The van der Waals surface area contributed by atoms with E-state index in [1.54, 1.807) is 0 Å². The molecule has 1 saturated carbocycles. The van der Waals surface area contributed by atoms with Gasteiger partial charge in [-0.25, -0.2) is 0 Å². The van der Waals surface area contributed by atoms with E-state index in [-0.39, 0.29) is 5.41 Å². The number of rotatable bonds is 7. The molecule has 0 heterocycles. The molecule has 0 aromatic heterocycles. The van der Waals surface area contributed by atoms with Crippen LogP contribution in [0.25, 0.3) is 0 Å². The number of hydrogen-bond acceptors (Lipinski definition) is 2. The molecule has 1 fully saturated rings. The van der Waals surface area contributed by atoms with Crippen LogP contribution in [-0.2, 0) is 0 Å². The van der Waals surface area contributed by atoms with Crippen LogP contribution in [0.5, 0.6) is 0 Å². The Balaban J connectivity index is 2.13. The molecule has 0 aliphatic heterocycles. The fourth-order valence-corrected chi connectivity index (χ4v) is 2.94. The van der Waals surface area contributed by atoms with E-state index >= 15 is 0 Å². The highest BCUT2D eigenvalue weighted by molar-refractivity contribution is 4.80. The highest BCUT2D eigenvalue weighted by atomic mass is 14.9. The average molecular weight is 250 g/mol. The molecule has 0 radical (unpaired) electrons. The Morgan fingerprint density at radius 2 is 1.78 bits per heavy atom. The van der Waals surface area contributed by atoms with Crippen LogP contribution in [0.2, 0.25) is 0 Å². The van der Waals surface area contributed by atoms with Crippen molar-refractivity contribution < 1.29 is 0 Å². The average Bonchev–Trinajstić information content (AvgIpc) is 2.37. The molecule has 2 nitrogen and oxygen atoms in total. The molecule has 1 N–H and O–H groups in total. The molecule has 0 bridgehead atoms. The topological polar surface area (TPSA) is 35.8 Å². The van der Waals surface area contributed by atoms with Gasteiger partial charge in [0.1, 0.15) is 0 Å². The van der Waals surface area contributed by atoms with Crippen LogP contribution in [0.15, 0.2) is 0 Å². The van der Waals surface area contributed by atoms with Gasteiger partial charge in [0.25, 0.3) is 0 Å². The van der Waals surface area contributed by atoms with Crippen LogP contribution in [0, 0.1) is 28.6 Å². The quantitative estimate of drug-likeness (QED) is 0.737. The van der Waals surface area contributed by atoms with Gasteiger partial charge >= 0.3 is 0 Å². The predicted molar refractivity (Wildman–Crippen MR) is 77.2 cm³/mol. The maximum atomic E-state index is 8.64. The molecule has 0 atom stereocenters. The lowest BCUT2D eigenvalue weighted by Crippen LogP contribution is -2.34. The monoisotopic (exact) mass is 250 g/mol. The minimum atomic E-state index is 0.260. The number of nitrogens with zero attached hydrogens (tertiary/aromatic N) is 1. The molecule has 0 saturated heterocycles. The Hall–Kier alpha value is -0.550. The second-order valence-corrected chi connectivity index (χ2v) is 6.75. The normalized spacial score (nSPS) is 24.8. The standard InChI is InChI=1S/C16H30N2/c1-4-14-6-8-15(9-7-14)12-18-13-16(2,3)10-5-11-17/h14-15,18H,4-10,12-13H2,1-3H3. The Labute approximate surface area is 113 Å². The van der Waals surface area contributed by atoms with Gasteiger partial charge in [-0.15, -0.1) is 0 Å². The van der Waals surface area contributed by atoms with E-state index in [2.05, 4.69) is 32.2 Å². The van der Waals surface area contributed by atoms with Crippen molar-refractivity contribution in [2.24, 2.45) is 17.3 Å². The van der Waals surface area contributed by atoms with Crippen LogP contribution in [0.4, 0.5) is 0 Å². The van der Waals surface area contributed by atoms with Gasteiger partial charge < -0.3 is 5.32 Å². The van der Waals surface area contributed by atoms with Gasteiger partial charge in [0.05, 0.1) is 6.07 Å². The molecule has 1 aliphatic rings.